The van der Waals surface area contributed by atoms with Crippen LogP contribution in [-0.2, 0) is 6.42 Å². The van der Waals surface area contributed by atoms with Crippen molar-refractivity contribution in [2.75, 3.05) is 17.7 Å². The predicted molar refractivity (Wildman–Crippen MR) is 103 cm³/mol. The van der Waals surface area contributed by atoms with E-state index < -0.39 is 0 Å². The first kappa shape index (κ1) is 16.4. The van der Waals surface area contributed by atoms with E-state index in [1.54, 1.807) is 0 Å². The summed E-state index contributed by atoms with van der Waals surface area (Å²) in [6.45, 7) is 1.97. The van der Waals surface area contributed by atoms with E-state index in [9.17, 15) is 0 Å². The molecule has 26 heavy (non-hydrogen) atoms. The largest absolute Gasteiger partial charge is 0.373 e. The van der Waals surface area contributed by atoms with Crippen LogP contribution in [0.3, 0.4) is 0 Å². The van der Waals surface area contributed by atoms with E-state index >= 15 is 0 Å². The van der Waals surface area contributed by atoms with Crippen LogP contribution < -0.4 is 10.6 Å². The molecule has 3 aromatic rings. The van der Waals surface area contributed by atoms with Gasteiger partial charge in [-0.05, 0) is 26.2 Å². The number of aromatic nitrogens is 4. The van der Waals surface area contributed by atoms with Crippen molar-refractivity contribution in [2.45, 2.75) is 32.2 Å². The molecule has 6 nitrogen and oxygen atoms in total. The first-order valence-corrected chi connectivity index (χ1v) is 8.94. The smallest absolute Gasteiger partial charge is 0.225 e. The fourth-order valence-corrected chi connectivity index (χ4v) is 3.34. The Hall–Kier alpha value is -3.02. The molecule has 0 spiro atoms. The van der Waals surface area contributed by atoms with E-state index in [4.69, 9.17) is 4.98 Å². The monoisotopic (exact) mass is 346 g/mol. The van der Waals surface area contributed by atoms with Crippen LogP contribution in [0.2, 0.25) is 0 Å². The summed E-state index contributed by atoms with van der Waals surface area (Å²) in [4.78, 5) is 18.4. The molecule has 0 aliphatic heterocycles. The number of nitrogens with one attached hydrogen (secondary N) is 2. The summed E-state index contributed by atoms with van der Waals surface area (Å²) in [5, 5.41) is 6.54. The Labute approximate surface area is 153 Å². The van der Waals surface area contributed by atoms with Crippen molar-refractivity contribution in [1.29, 1.82) is 0 Å². The Bertz CT molecular complexity index is 909. The summed E-state index contributed by atoms with van der Waals surface area (Å²) >= 11 is 0. The lowest BCUT2D eigenvalue weighted by atomic mass is 9.92. The average molecular weight is 346 g/mol. The fraction of sp³-hybridized carbons (Fsp3) is 0.300. The number of hydrogen-bond donors (Lipinski definition) is 2. The second-order valence-corrected chi connectivity index (χ2v) is 6.52. The highest BCUT2D eigenvalue weighted by Crippen LogP contribution is 2.31. The molecule has 0 amide bonds. The SMILES string of the molecule is CNc1cc(C)nc(N[C@H]2CCCc3nc(-c4ccccc4)ncc32)n1. The normalized spacial score (nSPS) is 16.0. The first-order valence-electron chi connectivity index (χ1n) is 8.94. The van der Waals surface area contributed by atoms with Crippen molar-refractivity contribution in [3.05, 3.63) is 59.5 Å². The van der Waals surface area contributed by atoms with Gasteiger partial charge in [0.25, 0.3) is 0 Å². The van der Waals surface area contributed by atoms with E-state index in [0.29, 0.717) is 5.95 Å². The van der Waals surface area contributed by atoms with Gasteiger partial charge in [-0.1, -0.05) is 30.3 Å². The molecule has 2 N–H and O–H groups in total. The van der Waals surface area contributed by atoms with Crippen LogP contribution in [0.5, 0.6) is 0 Å². The molecule has 0 fully saturated rings. The number of anilines is 2. The lowest BCUT2D eigenvalue weighted by molar-refractivity contribution is 0.581. The number of benzene rings is 1. The summed E-state index contributed by atoms with van der Waals surface area (Å²) in [7, 11) is 1.86. The third kappa shape index (κ3) is 3.35. The van der Waals surface area contributed by atoms with Crippen LogP contribution in [0.1, 0.15) is 35.8 Å². The maximum Gasteiger partial charge on any atom is 0.225 e. The van der Waals surface area contributed by atoms with Crippen molar-refractivity contribution < 1.29 is 0 Å². The van der Waals surface area contributed by atoms with E-state index in [1.807, 2.05) is 56.6 Å². The van der Waals surface area contributed by atoms with Gasteiger partial charge in [0.15, 0.2) is 5.82 Å². The summed E-state index contributed by atoms with van der Waals surface area (Å²) in [6, 6.07) is 12.2. The van der Waals surface area contributed by atoms with Crippen molar-refractivity contribution in [3.8, 4) is 11.4 Å². The molecule has 0 radical (unpaired) electrons. The van der Waals surface area contributed by atoms with Gasteiger partial charge in [-0.25, -0.2) is 15.0 Å². The molecular weight excluding hydrogens is 324 g/mol. The van der Waals surface area contributed by atoms with E-state index in [2.05, 4.69) is 25.6 Å². The van der Waals surface area contributed by atoms with Crippen molar-refractivity contribution in [2.24, 2.45) is 0 Å². The van der Waals surface area contributed by atoms with Gasteiger partial charge in [-0.2, -0.15) is 4.98 Å². The zero-order valence-corrected chi connectivity index (χ0v) is 15.0. The lowest BCUT2D eigenvalue weighted by Crippen LogP contribution is -2.20. The number of nitrogens with zero attached hydrogens (tertiary/aromatic N) is 4. The van der Waals surface area contributed by atoms with Gasteiger partial charge in [0.1, 0.15) is 5.82 Å². The molecule has 0 bridgehead atoms. The second kappa shape index (κ2) is 7.07. The van der Waals surface area contributed by atoms with Gasteiger partial charge in [-0.15, -0.1) is 0 Å². The van der Waals surface area contributed by atoms with Crippen LogP contribution in [0.25, 0.3) is 11.4 Å². The zero-order valence-electron chi connectivity index (χ0n) is 15.0. The van der Waals surface area contributed by atoms with E-state index in [1.165, 1.54) is 0 Å². The van der Waals surface area contributed by atoms with Crippen LogP contribution in [0.15, 0.2) is 42.6 Å². The van der Waals surface area contributed by atoms with Crippen molar-refractivity contribution in [1.82, 2.24) is 19.9 Å². The molecule has 0 saturated heterocycles. The van der Waals surface area contributed by atoms with Crippen molar-refractivity contribution in [3.63, 3.8) is 0 Å². The number of rotatable bonds is 4. The minimum Gasteiger partial charge on any atom is -0.373 e. The molecule has 2 aromatic heterocycles. The Balaban J connectivity index is 1.62. The number of aryl methyl sites for hydroxylation is 2. The lowest BCUT2D eigenvalue weighted by Gasteiger charge is -2.25. The highest BCUT2D eigenvalue weighted by molar-refractivity contribution is 5.55. The zero-order chi connectivity index (χ0) is 17.9. The third-order valence-corrected chi connectivity index (χ3v) is 4.63. The molecule has 2 heterocycles. The standard InChI is InChI=1S/C20H22N6/c1-13-11-18(21-2)26-20(23-13)25-17-10-6-9-16-15(17)12-22-19(24-16)14-7-4-3-5-8-14/h3-5,7-8,11-12,17H,6,9-10H2,1-2H3,(H2,21,23,25,26)/t17-/m0/s1. The highest BCUT2D eigenvalue weighted by atomic mass is 15.2. The van der Waals surface area contributed by atoms with Gasteiger partial charge in [0, 0.05) is 41.8 Å². The topological polar surface area (TPSA) is 75.6 Å². The molecule has 6 heteroatoms. The van der Waals surface area contributed by atoms with Crippen LogP contribution >= 0.6 is 0 Å². The molecule has 1 aromatic carbocycles. The molecule has 1 aliphatic carbocycles. The average Bonchev–Trinajstić information content (AvgIpc) is 2.68. The molecular formula is C20H22N6. The van der Waals surface area contributed by atoms with Gasteiger partial charge < -0.3 is 10.6 Å². The molecule has 0 unspecified atom stereocenters. The second-order valence-electron chi connectivity index (χ2n) is 6.52. The minimum absolute atomic E-state index is 0.134. The third-order valence-electron chi connectivity index (χ3n) is 4.63. The summed E-state index contributed by atoms with van der Waals surface area (Å²) < 4.78 is 0. The maximum absolute atomic E-state index is 4.82. The van der Waals surface area contributed by atoms with Gasteiger partial charge in [-0.3, -0.25) is 0 Å². The minimum atomic E-state index is 0.134. The van der Waals surface area contributed by atoms with Gasteiger partial charge in [0.05, 0.1) is 6.04 Å². The molecule has 0 saturated carbocycles. The molecule has 1 atom stereocenters. The Morgan fingerprint density at radius 3 is 2.73 bits per heavy atom. The summed E-state index contributed by atoms with van der Waals surface area (Å²) in [6.07, 6.45) is 5.04. The Morgan fingerprint density at radius 2 is 1.92 bits per heavy atom. The maximum atomic E-state index is 4.82. The van der Waals surface area contributed by atoms with Crippen LogP contribution in [0, 0.1) is 6.92 Å². The number of fused-ring (bicyclic) bond motifs is 1. The summed E-state index contributed by atoms with van der Waals surface area (Å²) in [5.41, 5.74) is 4.24. The highest BCUT2D eigenvalue weighted by Gasteiger charge is 2.23. The van der Waals surface area contributed by atoms with E-state index in [-0.39, 0.29) is 6.04 Å². The van der Waals surface area contributed by atoms with Crippen LogP contribution in [0.4, 0.5) is 11.8 Å². The predicted octanol–water partition coefficient (Wildman–Crippen LogP) is 3.77. The number of hydrogen-bond acceptors (Lipinski definition) is 6. The molecule has 4 rings (SSSR count). The van der Waals surface area contributed by atoms with Crippen LogP contribution in [-0.4, -0.2) is 27.0 Å². The molecule has 132 valence electrons. The first-order chi connectivity index (χ1) is 12.7. The van der Waals surface area contributed by atoms with Gasteiger partial charge in [0.2, 0.25) is 5.95 Å². The molecule has 1 aliphatic rings. The van der Waals surface area contributed by atoms with Gasteiger partial charge >= 0.3 is 0 Å². The fourth-order valence-electron chi connectivity index (χ4n) is 3.34. The van der Waals surface area contributed by atoms with Crippen molar-refractivity contribution >= 4 is 11.8 Å². The summed E-state index contributed by atoms with van der Waals surface area (Å²) in [5.74, 6) is 2.24. The quantitative estimate of drug-likeness (QED) is 0.749. The Morgan fingerprint density at radius 1 is 1.08 bits per heavy atom. The van der Waals surface area contributed by atoms with E-state index in [0.717, 1.165) is 53.4 Å². The Kier molecular flexibility index (Phi) is 4.48.